The van der Waals surface area contributed by atoms with Crippen LogP contribution in [0.15, 0.2) is 47.6 Å². The monoisotopic (exact) mass is 482 g/mol. The Labute approximate surface area is 187 Å². The lowest BCUT2D eigenvalue weighted by Gasteiger charge is -2.11. The van der Waals surface area contributed by atoms with Crippen molar-refractivity contribution < 1.29 is 17.2 Å². The third kappa shape index (κ3) is 5.41. The Balaban J connectivity index is 1.85. The molecule has 6 nitrogen and oxygen atoms in total. The first-order chi connectivity index (χ1) is 14.7. The third-order valence-corrected chi connectivity index (χ3v) is 6.19. The molecule has 0 spiro atoms. The normalized spacial score (nSPS) is 10.9. The van der Waals surface area contributed by atoms with Gasteiger partial charge < -0.3 is 10.6 Å². The summed E-state index contributed by atoms with van der Waals surface area (Å²) in [5.41, 5.74) is -0.426. The largest absolute Gasteiger partial charge is 0.369 e. The summed E-state index contributed by atoms with van der Waals surface area (Å²) in [6.45, 7) is 0. The molecule has 1 aromatic heterocycles. The molecule has 0 atom stereocenters. The van der Waals surface area contributed by atoms with E-state index >= 15 is 0 Å². The highest BCUT2D eigenvalue weighted by Gasteiger charge is 2.20. The van der Waals surface area contributed by atoms with Gasteiger partial charge in [0.1, 0.15) is 11.7 Å². The van der Waals surface area contributed by atoms with Gasteiger partial charge in [0.05, 0.1) is 26.7 Å². The van der Waals surface area contributed by atoms with Crippen molar-refractivity contribution in [2.75, 3.05) is 23.6 Å². The topological polar surface area (TPSA) is 84.0 Å². The lowest BCUT2D eigenvalue weighted by Crippen LogP contribution is -2.16. The highest BCUT2D eigenvalue weighted by atomic mass is 35.5. The van der Waals surface area contributed by atoms with Gasteiger partial charge in [-0.05, 0) is 30.3 Å². The highest BCUT2D eigenvalue weighted by Crippen LogP contribution is 2.27. The van der Waals surface area contributed by atoms with Gasteiger partial charge in [-0.1, -0.05) is 35.0 Å². The van der Waals surface area contributed by atoms with E-state index in [1.807, 2.05) is 0 Å². The highest BCUT2D eigenvalue weighted by molar-refractivity contribution is 7.91. The quantitative estimate of drug-likeness (QED) is 0.526. The van der Waals surface area contributed by atoms with Gasteiger partial charge in [-0.15, -0.1) is 0 Å². The van der Waals surface area contributed by atoms with Crippen LogP contribution in [-0.2, 0) is 9.84 Å². The van der Waals surface area contributed by atoms with Gasteiger partial charge in [-0.2, -0.15) is 0 Å². The zero-order chi connectivity index (χ0) is 22.6. The molecular formula is C20H14Cl2F2N4O2S. The molecule has 0 bridgehead atoms. The van der Waals surface area contributed by atoms with E-state index in [1.54, 1.807) is 7.05 Å². The molecule has 0 aliphatic rings. The zero-order valence-electron chi connectivity index (χ0n) is 15.9. The number of nitrogens with one attached hydrogen (secondary N) is 2. The van der Waals surface area contributed by atoms with Gasteiger partial charge in [0.25, 0.3) is 0 Å². The Kier molecular flexibility index (Phi) is 6.95. The predicted molar refractivity (Wildman–Crippen MR) is 116 cm³/mol. The number of aromatic nitrogens is 2. The van der Waals surface area contributed by atoms with Crippen molar-refractivity contribution in [3.8, 4) is 11.8 Å². The maximum atomic E-state index is 14.8. The van der Waals surface area contributed by atoms with Crippen molar-refractivity contribution in [3.63, 3.8) is 0 Å². The third-order valence-electron chi connectivity index (χ3n) is 3.98. The Morgan fingerprint density at radius 2 is 1.77 bits per heavy atom. The van der Waals surface area contributed by atoms with Crippen molar-refractivity contribution in [1.82, 2.24) is 9.97 Å². The molecule has 0 radical (unpaired) electrons. The maximum absolute atomic E-state index is 14.8. The predicted octanol–water partition coefficient (Wildman–Crippen LogP) is 4.35. The smallest absolute Gasteiger partial charge is 0.222 e. The summed E-state index contributed by atoms with van der Waals surface area (Å²) < 4.78 is 54.0. The van der Waals surface area contributed by atoms with Crippen LogP contribution in [-0.4, -0.2) is 31.3 Å². The summed E-state index contributed by atoms with van der Waals surface area (Å²) in [6, 6.07) is 6.04. The minimum absolute atomic E-state index is 0.0242. The molecule has 3 rings (SSSR count). The number of hydrogen-bond acceptors (Lipinski definition) is 6. The average Bonchev–Trinajstić information content (AvgIpc) is 2.75. The Hall–Kier alpha value is -2.93. The van der Waals surface area contributed by atoms with E-state index in [4.69, 9.17) is 23.2 Å². The van der Waals surface area contributed by atoms with Gasteiger partial charge in [-0.25, -0.2) is 27.2 Å². The number of halogens is 4. The van der Waals surface area contributed by atoms with Crippen LogP contribution < -0.4 is 10.6 Å². The Morgan fingerprint density at radius 1 is 1.06 bits per heavy atom. The molecular weight excluding hydrogens is 469 g/mol. The molecule has 0 saturated carbocycles. The molecule has 3 aromatic rings. The number of nitrogens with zero attached hydrogens (tertiary/aromatic N) is 2. The lowest BCUT2D eigenvalue weighted by atomic mass is 10.1. The van der Waals surface area contributed by atoms with E-state index in [1.165, 1.54) is 30.6 Å². The number of sulfone groups is 1. The van der Waals surface area contributed by atoms with E-state index < -0.39 is 32.9 Å². The van der Waals surface area contributed by atoms with Crippen molar-refractivity contribution >= 4 is 44.7 Å². The van der Waals surface area contributed by atoms with Crippen LogP contribution in [0.2, 0.25) is 10.0 Å². The Morgan fingerprint density at radius 3 is 2.45 bits per heavy atom. The molecule has 2 aromatic carbocycles. The molecule has 1 heterocycles. The fourth-order valence-corrected chi connectivity index (χ4v) is 4.31. The van der Waals surface area contributed by atoms with Crippen LogP contribution in [0.4, 0.5) is 20.4 Å². The van der Waals surface area contributed by atoms with E-state index in [0.29, 0.717) is 11.5 Å². The Bertz CT molecular complexity index is 1290. The number of anilines is 2. The lowest BCUT2D eigenvalue weighted by molar-refractivity contribution is 0.579. The maximum Gasteiger partial charge on any atom is 0.222 e. The minimum atomic E-state index is -3.96. The van der Waals surface area contributed by atoms with E-state index in [0.717, 1.165) is 12.1 Å². The van der Waals surface area contributed by atoms with Crippen LogP contribution in [0.25, 0.3) is 0 Å². The SMILES string of the molecule is CNc1ncc(C#Cc2c(F)ccc(NCS(=O)(=O)c3cc(Cl)ccc3Cl)c2F)cn1. The molecule has 31 heavy (non-hydrogen) atoms. The van der Waals surface area contributed by atoms with Crippen LogP contribution in [0, 0.1) is 23.5 Å². The summed E-state index contributed by atoms with van der Waals surface area (Å²) in [5.74, 6) is 2.71. The van der Waals surface area contributed by atoms with Gasteiger partial charge in [0.2, 0.25) is 5.95 Å². The molecule has 0 saturated heterocycles. The van der Waals surface area contributed by atoms with Crippen LogP contribution in [0.5, 0.6) is 0 Å². The molecule has 2 N–H and O–H groups in total. The van der Waals surface area contributed by atoms with Crippen molar-refractivity contribution in [1.29, 1.82) is 0 Å². The van der Waals surface area contributed by atoms with E-state index in [-0.39, 0.29) is 20.6 Å². The standard InChI is InChI=1S/C20H14Cl2F2N4O2S/c1-25-20-26-9-12(10-27-20)2-4-14-16(23)6-7-17(19(14)24)28-11-31(29,30)18-8-13(21)3-5-15(18)22/h3,5-10,28H,11H2,1H3,(H,25,26,27). The van der Waals surface area contributed by atoms with E-state index in [9.17, 15) is 17.2 Å². The number of rotatable bonds is 5. The summed E-state index contributed by atoms with van der Waals surface area (Å²) in [6.07, 6.45) is 2.79. The van der Waals surface area contributed by atoms with Crippen LogP contribution >= 0.6 is 23.2 Å². The van der Waals surface area contributed by atoms with E-state index in [2.05, 4.69) is 32.4 Å². The summed E-state index contributed by atoms with van der Waals surface area (Å²) in [4.78, 5) is 7.71. The van der Waals surface area contributed by atoms with Crippen molar-refractivity contribution in [2.24, 2.45) is 0 Å². The van der Waals surface area contributed by atoms with Gasteiger partial charge in [0.15, 0.2) is 15.7 Å². The molecule has 0 fully saturated rings. The average molecular weight is 483 g/mol. The van der Waals surface area contributed by atoms with Crippen LogP contribution in [0.1, 0.15) is 11.1 Å². The van der Waals surface area contributed by atoms with Crippen LogP contribution in [0.3, 0.4) is 0 Å². The fourth-order valence-electron chi connectivity index (χ4n) is 2.43. The second-order valence-electron chi connectivity index (χ2n) is 6.09. The molecule has 0 unspecified atom stereocenters. The second kappa shape index (κ2) is 9.47. The summed E-state index contributed by atoms with van der Waals surface area (Å²) >= 11 is 11.8. The van der Waals surface area contributed by atoms with Gasteiger partial charge in [0, 0.05) is 24.5 Å². The molecule has 11 heteroatoms. The second-order valence-corrected chi connectivity index (χ2v) is 8.89. The van der Waals surface area contributed by atoms with Gasteiger partial charge in [-0.3, -0.25) is 0 Å². The fraction of sp³-hybridized carbons (Fsp3) is 0.100. The number of hydrogen-bond donors (Lipinski definition) is 2. The first kappa shape index (κ1) is 22.7. The molecule has 0 aliphatic heterocycles. The first-order valence-electron chi connectivity index (χ1n) is 8.63. The molecule has 0 aliphatic carbocycles. The molecule has 160 valence electrons. The summed E-state index contributed by atoms with van der Waals surface area (Å²) in [7, 11) is -2.32. The number of benzene rings is 2. The first-order valence-corrected chi connectivity index (χ1v) is 11.0. The minimum Gasteiger partial charge on any atom is -0.369 e. The van der Waals surface area contributed by atoms with Crippen molar-refractivity contribution in [3.05, 3.63) is 75.5 Å². The zero-order valence-corrected chi connectivity index (χ0v) is 18.2. The van der Waals surface area contributed by atoms with Gasteiger partial charge >= 0.3 is 0 Å². The summed E-state index contributed by atoms with van der Waals surface area (Å²) in [5, 5.41) is 5.34. The molecule has 0 amide bonds. The van der Waals surface area contributed by atoms with Crippen molar-refractivity contribution in [2.45, 2.75) is 4.90 Å².